The third kappa shape index (κ3) is 3.61. The predicted molar refractivity (Wildman–Crippen MR) is 85.9 cm³/mol. The summed E-state index contributed by atoms with van der Waals surface area (Å²) >= 11 is 11.5. The van der Waals surface area contributed by atoms with Crippen LogP contribution in [0.5, 0.6) is 0 Å². The van der Waals surface area contributed by atoms with Gasteiger partial charge in [0.15, 0.2) is 5.11 Å². The van der Waals surface area contributed by atoms with Crippen LogP contribution in [0.25, 0.3) is 0 Å². The maximum Gasteiger partial charge on any atom is 0.220 e. The molecule has 1 amide bonds. The molecule has 2 rings (SSSR count). The number of hydrogen-bond donors (Lipinski definition) is 2. The van der Waals surface area contributed by atoms with Crippen LogP contribution in [-0.2, 0) is 4.79 Å². The Labute approximate surface area is 129 Å². The normalized spacial score (nSPS) is 16.0. The summed E-state index contributed by atoms with van der Waals surface area (Å²) in [6.07, 6.45) is 1.51. The molecule has 1 aliphatic rings. The summed E-state index contributed by atoms with van der Waals surface area (Å²) in [5.41, 5.74) is 7.23. The summed E-state index contributed by atoms with van der Waals surface area (Å²) in [6, 6.07) is 5.76. The van der Waals surface area contributed by atoms with E-state index < -0.39 is 0 Å². The number of likely N-dealkylation sites (tertiary alicyclic amines) is 1. The fourth-order valence-corrected chi connectivity index (χ4v) is 2.72. The third-order valence-electron chi connectivity index (χ3n) is 3.61. The highest BCUT2D eigenvalue weighted by Gasteiger charge is 2.24. The van der Waals surface area contributed by atoms with Crippen molar-refractivity contribution >= 4 is 40.5 Å². The Hall–Kier alpha value is -1.33. The third-order valence-corrected chi connectivity index (χ3v) is 4.38. The number of anilines is 1. The number of nitrogens with zero attached hydrogens (tertiary/aromatic N) is 1. The molecule has 0 bridgehead atoms. The van der Waals surface area contributed by atoms with Crippen molar-refractivity contribution in [2.45, 2.75) is 19.8 Å². The summed E-state index contributed by atoms with van der Waals surface area (Å²) in [4.78, 5) is 13.2. The Kier molecular flexibility index (Phi) is 4.83. The van der Waals surface area contributed by atoms with E-state index in [1.165, 1.54) is 0 Å². The maximum absolute atomic E-state index is 11.1. The van der Waals surface area contributed by atoms with Crippen molar-refractivity contribution in [2.75, 3.05) is 18.4 Å². The van der Waals surface area contributed by atoms with Crippen LogP contribution in [0.1, 0.15) is 18.4 Å². The molecule has 0 radical (unpaired) electrons. The number of rotatable bonds is 2. The van der Waals surface area contributed by atoms with Crippen molar-refractivity contribution in [3.05, 3.63) is 28.8 Å². The average Bonchev–Trinajstić information content (AvgIpc) is 2.43. The average molecular weight is 312 g/mol. The lowest BCUT2D eigenvalue weighted by Crippen LogP contribution is -2.43. The van der Waals surface area contributed by atoms with E-state index in [1.54, 1.807) is 0 Å². The first-order valence-electron chi connectivity index (χ1n) is 6.59. The van der Waals surface area contributed by atoms with Crippen molar-refractivity contribution in [1.82, 2.24) is 4.90 Å². The van der Waals surface area contributed by atoms with E-state index in [9.17, 15) is 4.79 Å². The molecule has 0 atom stereocenters. The van der Waals surface area contributed by atoms with Crippen molar-refractivity contribution in [3.63, 3.8) is 0 Å². The number of carbonyl (C=O) groups is 1. The van der Waals surface area contributed by atoms with Gasteiger partial charge in [0, 0.05) is 29.7 Å². The van der Waals surface area contributed by atoms with Gasteiger partial charge in [-0.05, 0) is 49.7 Å². The maximum atomic E-state index is 11.1. The number of carbonyl (C=O) groups excluding carboxylic acids is 1. The fraction of sp³-hybridized carbons (Fsp3) is 0.429. The van der Waals surface area contributed by atoms with Gasteiger partial charge in [0.2, 0.25) is 5.91 Å². The Morgan fingerprint density at radius 3 is 2.65 bits per heavy atom. The summed E-state index contributed by atoms with van der Waals surface area (Å²) in [5.74, 6) is -0.239. The van der Waals surface area contributed by atoms with Crippen LogP contribution in [0, 0.1) is 12.8 Å². The summed E-state index contributed by atoms with van der Waals surface area (Å²) in [6.45, 7) is 3.46. The lowest BCUT2D eigenvalue weighted by Gasteiger charge is -2.32. The lowest BCUT2D eigenvalue weighted by molar-refractivity contribution is -0.122. The Bertz CT molecular complexity index is 527. The minimum Gasteiger partial charge on any atom is -0.369 e. The van der Waals surface area contributed by atoms with Crippen LogP contribution in [0.15, 0.2) is 18.2 Å². The summed E-state index contributed by atoms with van der Waals surface area (Å²) in [7, 11) is 0. The molecule has 3 N–H and O–H groups in total. The first-order valence-corrected chi connectivity index (χ1v) is 7.37. The molecule has 6 heteroatoms. The molecular formula is C14H18ClN3OS. The highest BCUT2D eigenvalue weighted by atomic mass is 35.5. The van der Waals surface area contributed by atoms with Gasteiger partial charge in [-0.15, -0.1) is 0 Å². The van der Waals surface area contributed by atoms with Gasteiger partial charge in [-0.3, -0.25) is 4.79 Å². The van der Waals surface area contributed by atoms with Gasteiger partial charge in [0.1, 0.15) is 0 Å². The van der Waals surface area contributed by atoms with Crippen LogP contribution in [-0.4, -0.2) is 29.0 Å². The first kappa shape index (κ1) is 15.1. The molecule has 0 aromatic heterocycles. The summed E-state index contributed by atoms with van der Waals surface area (Å²) in [5, 5.41) is 4.55. The van der Waals surface area contributed by atoms with Crippen molar-refractivity contribution in [2.24, 2.45) is 11.7 Å². The first-order chi connectivity index (χ1) is 9.47. The number of amides is 1. The minimum atomic E-state index is -0.214. The number of halogens is 1. The van der Waals surface area contributed by atoms with E-state index in [2.05, 4.69) is 10.2 Å². The molecule has 0 saturated carbocycles. The number of thiocarbonyl (C=S) groups is 1. The lowest BCUT2D eigenvalue weighted by atomic mass is 9.97. The molecule has 108 valence electrons. The zero-order valence-corrected chi connectivity index (χ0v) is 12.9. The second-order valence-electron chi connectivity index (χ2n) is 5.06. The molecule has 1 aromatic carbocycles. The van der Waals surface area contributed by atoms with Gasteiger partial charge >= 0.3 is 0 Å². The molecular weight excluding hydrogens is 294 g/mol. The SMILES string of the molecule is Cc1ccc(NC(=S)N2CCC(C(N)=O)CC2)cc1Cl. The quantitative estimate of drug-likeness (QED) is 0.824. The van der Waals surface area contributed by atoms with Gasteiger partial charge < -0.3 is 16.0 Å². The van der Waals surface area contributed by atoms with Gasteiger partial charge in [0.25, 0.3) is 0 Å². The number of benzene rings is 1. The molecule has 1 aliphatic heterocycles. The monoisotopic (exact) mass is 311 g/mol. The standard InChI is InChI=1S/C14H18ClN3OS/c1-9-2-3-11(8-12(9)15)17-14(20)18-6-4-10(5-7-18)13(16)19/h2-3,8,10H,4-7H2,1H3,(H2,16,19)(H,17,20). The van der Waals surface area contributed by atoms with Crippen LogP contribution < -0.4 is 11.1 Å². The van der Waals surface area contributed by atoms with Gasteiger partial charge in [0.05, 0.1) is 0 Å². The molecule has 1 fully saturated rings. The molecule has 0 aliphatic carbocycles. The van der Waals surface area contributed by atoms with Crippen LogP contribution in [0.3, 0.4) is 0 Å². The van der Waals surface area contributed by atoms with Crippen LogP contribution in [0.4, 0.5) is 5.69 Å². The molecule has 1 aromatic rings. The molecule has 4 nitrogen and oxygen atoms in total. The number of nitrogens with two attached hydrogens (primary N) is 1. The van der Waals surface area contributed by atoms with E-state index in [-0.39, 0.29) is 11.8 Å². The zero-order chi connectivity index (χ0) is 14.7. The molecule has 1 saturated heterocycles. The van der Waals surface area contributed by atoms with Gasteiger partial charge in [-0.1, -0.05) is 17.7 Å². The highest BCUT2D eigenvalue weighted by molar-refractivity contribution is 7.80. The minimum absolute atomic E-state index is 0.0251. The fourth-order valence-electron chi connectivity index (χ4n) is 2.24. The summed E-state index contributed by atoms with van der Waals surface area (Å²) < 4.78 is 0. The topological polar surface area (TPSA) is 58.4 Å². The number of piperidine rings is 1. The predicted octanol–water partition coefficient (Wildman–Crippen LogP) is 2.54. The van der Waals surface area contributed by atoms with E-state index in [0.29, 0.717) is 10.1 Å². The van der Waals surface area contributed by atoms with E-state index in [4.69, 9.17) is 29.6 Å². The number of hydrogen-bond acceptors (Lipinski definition) is 2. The van der Waals surface area contributed by atoms with E-state index in [0.717, 1.165) is 37.2 Å². The van der Waals surface area contributed by atoms with Crippen molar-refractivity contribution in [1.29, 1.82) is 0 Å². The number of primary amides is 1. The molecule has 0 spiro atoms. The molecule has 20 heavy (non-hydrogen) atoms. The zero-order valence-electron chi connectivity index (χ0n) is 11.4. The molecule has 0 unspecified atom stereocenters. The largest absolute Gasteiger partial charge is 0.369 e. The number of nitrogens with one attached hydrogen (secondary N) is 1. The van der Waals surface area contributed by atoms with Gasteiger partial charge in [-0.25, -0.2) is 0 Å². The molecule has 1 heterocycles. The Balaban J connectivity index is 1.92. The second-order valence-corrected chi connectivity index (χ2v) is 5.85. The second kappa shape index (κ2) is 6.41. The van der Waals surface area contributed by atoms with Crippen LogP contribution in [0.2, 0.25) is 5.02 Å². The van der Waals surface area contributed by atoms with Gasteiger partial charge in [-0.2, -0.15) is 0 Å². The highest BCUT2D eigenvalue weighted by Crippen LogP contribution is 2.21. The smallest absolute Gasteiger partial charge is 0.220 e. The van der Waals surface area contributed by atoms with Crippen LogP contribution >= 0.6 is 23.8 Å². The Morgan fingerprint density at radius 2 is 2.10 bits per heavy atom. The van der Waals surface area contributed by atoms with Crippen molar-refractivity contribution in [3.8, 4) is 0 Å². The van der Waals surface area contributed by atoms with Crippen molar-refractivity contribution < 1.29 is 4.79 Å². The number of aryl methyl sites for hydroxylation is 1. The van der Waals surface area contributed by atoms with E-state index in [1.807, 2.05) is 25.1 Å². The Morgan fingerprint density at radius 1 is 1.45 bits per heavy atom. The van der Waals surface area contributed by atoms with E-state index >= 15 is 0 Å².